The zero-order chi connectivity index (χ0) is 16.1. The summed E-state index contributed by atoms with van der Waals surface area (Å²) in [5, 5.41) is 13.0. The molecule has 0 aliphatic carbocycles. The van der Waals surface area contributed by atoms with Crippen LogP contribution < -0.4 is 10.8 Å². The maximum atomic E-state index is 11.1. The molecule has 4 N–H and O–H groups in total. The van der Waals surface area contributed by atoms with Crippen molar-refractivity contribution in [2.75, 3.05) is 5.32 Å². The van der Waals surface area contributed by atoms with Crippen LogP contribution >= 0.6 is 0 Å². The van der Waals surface area contributed by atoms with Crippen LogP contribution in [0.3, 0.4) is 0 Å². The van der Waals surface area contributed by atoms with E-state index in [4.69, 9.17) is 5.21 Å². The first kappa shape index (κ1) is 14.8. The van der Waals surface area contributed by atoms with E-state index in [2.05, 4.69) is 15.3 Å². The molecule has 0 aliphatic rings. The van der Waals surface area contributed by atoms with Gasteiger partial charge < -0.3 is 10.3 Å². The molecule has 0 atom stereocenters. The lowest BCUT2D eigenvalue weighted by molar-refractivity contribution is -0.124. The molecule has 3 aromatic rings. The van der Waals surface area contributed by atoms with Crippen molar-refractivity contribution in [1.29, 1.82) is 0 Å². The molecule has 0 saturated heterocycles. The highest BCUT2D eigenvalue weighted by Gasteiger charge is 2.05. The maximum Gasteiger partial charge on any atom is 0.267 e. The number of rotatable bonds is 5. The van der Waals surface area contributed by atoms with Gasteiger partial charge in [0.2, 0.25) is 0 Å². The Morgan fingerprint density at radius 1 is 1.26 bits per heavy atom. The van der Waals surface area contributed by atoms with E-state index in [0.29, 0.717) is 6.54 Å². The van der Waals surface area contributed by atoms with Crippen LogP contribution in [0, 0.1) is 0 Å². The Kier molecular flexibility index (Phi) is 4.35. The third-order valence-electron chi connectivity index (χ3n) is 3.49. The molecule has 0 saturated carbocycles. The van der Waals surface area contributed by atoms with Crippen LogP contribution in [0.15, 0.2) is 54.9 Å². The summed E-state index contributed by atoms with van der Waals surface area (Å²) < 4.78 is 0. The monoisotopic (exact) mass is 308 g/mol. The van der Waals surface area contributed by atoms with Gasteiger partial charge >= 0.3 is 0 Å². The van der Waals surface area contributed by atoms with E-state index in [1.807, 2.05) is 42.6 Å². The van der Waals surface area contributed by atoms with Gasteiger partial charge in [0.1, 0.15) is 5.65 Å². The fraction of sp³-hybridized carbons (Fsp3) is 0.0588. The molecular formula is C17H16N4O2. The molecule has 2 heterocycles. The molecular weight excluding hydrogens is 292 g/mol. The average molecular weight is 308 g/mol. The van der Waals surface area contributed by atoms with Gasteiger partial charge in [-0.05, 0) is 35.4 Å². The first-order valence-corrected chi connectivity index (χ1v) is 7.14. The number of carbonyl (C=O) groups is 1. The van der Waals surface area contributed by atoms with E-state index < -0.39 is 5.91 Å². The van der Waals surface area contributed by atoms with Crippen molar-refractivity contribution >= 4 is 28.7 Å². The number of hydrogen-bond donors (Lipinski definition) is 4. The number of amides is 1. The lowest BCUT2D eigenvalue weighted by Crippen LogP contribution is -2.14. The quantitative estimate of drug-likeness (QED) is 0.331. The number of carbonyl (C=O) groups excluding carboxylic acids is 1. The highest BCUT2D eigenvalue weighted by Crippen LogP contribution is 2.20. The highest BCUT2D eigenvalue weighted by atomic mass is 16.5. The lowest BCUT2D eigenvalue weighted by Gasteiger charge is -2.09. The number of pyridine rings is 1. The smallest absolute Gasteiger partial charge is 0.267 e. The zero-order valence-electron chi connectivity index (χ0n) is 12.3. The van der Waals surface area contributed by atoms with E-state index in [1.165, 1.54) is 6.08 Å². The number of para-hydroxylation sites is 1. The number of benzene rings is 1. The number of fused-ring (bicyclic) bond motifs is 1. The number of nitrogens with zero attached hydrogens (tertiary/aromatic N) is 1. The second-order valence-corrected chi connectivity index (χ2v) is 4.96. The van der Waals surface area contributed by atoms with E-state index in [0.717, 1.165) is 27.8 Å². The summed E-state index contributed by atoms with van der Waals surface area (Å²) in [5.74, 6) is -0.567. The van der Waals surface area contributed by atoms with E-state index >= 15 is 0 Å². The average Bonchev–Trinajstić information content (AvgIpc) is 3.01. The van der Waals surface area contributed by atoms with Crippen molar-refractivity contribution in [2.45, 2.75) is 6.54 Å². The summed E-state index contributed by atoms with van der Waals surface area (Å²) >= 11 is 0. The van der Waals surface area contributed by atoms with Crippen molar-refractivity contribution in [2.24, 2.45) is 0 Å². The normalized spacial score (nSPS) is 11.0. The Hall–Kier alpha value is -3.12. The largest absolute Gasteiger partial charge is 0.380 e. The number of aromatic amines is 1. The molecule has 1 aromatic carbocycles. The number of nitrogens with one attached hydrogen (secondary N) is 3. The van der Waals surface area contributed by atoms with Crippen molar-refractivity contribution in [1.82, 2.24) is 15.4 Å². The highest BCUT2D eigenvalue weighted by molar-refractivity contribution is 5.91. The number of anilines is 1. The second-order valence-electron chi connectivity index (χ2n) is 4.96. The molecule has 6 nitrogen and oxygen atoms in total. The fourth-order valence-electron chi connectivity index (χ4n) is 2.36. The molecule has 1 amide bonds. The molecule has 116 valence electrons. The molecule has 0 spiro atoms. The summed E-state index contributed by atoms with van der Waals surface area (Å²) in [6.45, 7) is 0.628. The molecule has 0 fully saturated rings. The topological polar surface area (TPSA) is 90.0 Å². The van der Waals surface area contributed by atoms with Crippen LogP contribution in [0.4, 0.5) is 5.69 Å². The minimum absolute atomic E-state index is 0.567. The van der Waals surface area contributed by atoms with Gasteiger partial charge in [-0.3, -0.25) is 10.0 Å². The van der Waals surface area contributed by atoms with Gasteiger partial charge in [-0.2, -0.15) is 0 Å². The molecule has 0 bridgehead atoms. The third kappa shape index (κ3) is 3.38. The molecule has 3 rings (SSSR count). The summed E-state index contributed by atoms with van der Waals surface area (Å²) in [6.07, 6.45) is 6.60. The summed E-state index contributed by atoms with van der Waals surface area (Å²) in [6, 6.07) is 11.6. The van der Waals surface area contributed by atoms with Crippen LogP contribution in [0.25, 0.3) is 17.1 Å². The SMILES string of the molecule is O=C(C=Cc1ccccc1NCc1c[nH]c2ncccc12)NO. The minimum Gasteiger partial charge on any atom is -0.380 e. The molecule has 23 heavy (non-hydrogen) atoms. The first-order chi connectivity index (χ1) is 11.3. The molecule has 0 radical (unpaired) electrons. The van der Waals surface area contributed by atoms with Crippen LogP contribution in [-0.2, 0) is 11.3 Å². The Balaban J connectivity index is 1.78. The van der Waals surface area contributed by atoms with Gasteiger partial charge in [0.05, 0.1) is 0 Å². The number of aromatic nitrogens is 2. The van der Waals surface area contributed by atoms with Crippen LogP contribution in [0.2, 0.25) is 0 Å². The number of hydroxylamine groups is 1. The predicted molar refractivity (Wildman–Crippen MR) is 88.8 cm³/mol. The number of H-pyrrole nitrogens is 1. The van der Waals surface area contributed by atoms with Crippen molar-refractivity contribution in [3.63, 3.8) is 0 Å². The minimum atomic E-state index is -0.567. The molecule has 0 unspecified atom stereocenters. The summed E-state index contributed by atoms with van der Waals surface area (Å²) in [5.41, 5.74) is 5.29. The molecule has 6 heteroatoms. The fourth-order valence-corrected chi connectivity index (χ4v) is 2.36. The van der Waals surface area contributed by atoms with Crippen molar-refractivity contribution in [3.05, 3.63) is 66.0 Å². The Morgan fingerprint density at radius 2 is 2.13 bits per heavy atom. The zero-order valence-corrected chi connectivity index (χ0v) is 12.3. The van der Waals surface area contributed by atoms with Crippen LogP contribution in [0.5, 0.6) is 0 Å². The first-order valence-electron chi connectivity index (χ1n) is 7.14. The van der Waals surface area contributed by atoms with Gasteiger partial charge in [0.15, 0.2) is 0 Å². The summed E-state index contributed by atoms with van der Waals surface area (Å²) in [4.78, 5) is 18.5. The number of hydrogen-bond acceptors (Lipinski definition) is 4. The van der Waals surface area contributed by atoms with Crippen molar-refractivity contribution < 1.29 is 10.0 Å². The maximum absolute atomic E-state index is 11.1. The van der Waals surface area contributed by atoms with Crippen molar-refractivity contribution in [3.8, 4) is 0 Å². The predicted octanol–water partition coefficient (Wildman–Crippen LogP) is 2.69. The van der Waals surface area contributed by atoms with Gasteiger partial charge in [-0.25, -0.2) is 10.5 Å². The van der Waals surface area contributed by atoms with Gasteiger partial charge in [0, 0.05) is 36.1 Å². The van der Waals surface area contributed by atoms with E-state index in [1.54, 1.807) is 17.8 Å². The molecule has 2 aromatic heterocycles. The van der Waals surface area contributed by atoms with Gasteiger partial charge in [-0.15, -0.1) is 0 Å². The second kappa shape index (κ2) is 6.76. The Bertz CT molecular complexity index is 854. The summed E-state index contributed by atoms with van der Waals surface area (Å²) in [7, 11) is 0. The van der Waals surface area contributed by atoms with Crippen LogP contribution in [-0.4, -0.2) is 21.1 Å². The Morgan fingerprint density at radius 3 is 3.00 bits per heavy atom. The van der Waals surface area contributed by atoms with E-state index in [-0.39, 0.29) is 0 Å². The standard InChI is InChI=1S/C17H16N4O2/c22-16(21-23)8-7-12-4-1-2-6-15(12)19-10-13-11-20-17-14(13)5-3-9-18-17/h1-9,11,19,23H,10H2,(H,18,20)(H,21,22). The Labute approximate surface area is 132 Å². The van der Waals surface area contributed by atoms with Gasteiger partial charge in [0.25, 0.3) is 5.91 Å². The van der Waals surface area contributed by atoms with E-state index in [9.17, 15) is 4.79 Å². The van der Waals surface area contributed by atoms with Crippen LogP contribution in [0.1, 0.15) is 11.1 Å². The molecule has 0 aliphatic heterocycles. The third-order valence-corrected chi connectivity index (χ3v) is 3.49. The lowest BCUT2D eigenvalue weighted by atomic mass is 10.1. The van der Waals surface area contributed by atoms with Gasteiger partial charge in [-0.1, -0.05) is 18.2 Å².